The standard InChI is InChI=1S/C21H19FN2O4S/c22-19-5-2-1-4-16(19)14-29(26,27)23-18-8-7-15-9-10-24(13-17(15)12-18)21(25)20-6-3-11-28-20/h1-8,11-12,23H,9-10,13-14H2. The predicted molar refractivity (Wildman–Crippen MR) is 106 cm³/mol. The lowest BCUT2D eigenvalue weighted by Gasteiger charge is -2.28. The van der Waals surface area contributed by atoms with Crippen molar-refractivity contribution in [1.29, 1.82) is 0 Å². The maximum Gasteiger partial charge on any atom is 0.289 e. The van der Waals surface area contributed by atoms with Crippen LogP contribution in [0.5, 0.6) is 0 Å². The summed E-state index contributed by atoms with van der Waals surface area (Å²) in [5, 5.41) is 0. The Morgan fingerprint density at radius 2 is 1.93 bits per heavy atom. The molecule has 1 amide bonds. The fraction of sp³-hybridized carbons (Fsp3) is 0.190. The lowest BCUT2D eigenvalue weighted by atomic mass is 9.99. The SMILES string of the molecule is O=C(c1ccco1)N1CCc2ccc(NS(=O)(=O)Cc3ccccc3F)cc2C1. The number of hydrogen-bond donors (Lipinski definition) is 1. The number of hydrogen-bond acceptors (Lipinski definition) is 4. The lowest BCUT2D eigenvalue weighted by Crippen LogP contribution is -2.35. The Hall–Kier alpha value is -3.13. The smallest absolute Gasteiger partial charge is 0.289 e. The van der Waals surface area contributed by atoms with E-state index in [2.05, 4.69) is 4.72 Å². The van der Waals surface area contributed by atoms with Gasteiger partial charge in [0.15, 0.2) is 5.76 Å². The van der Waals surface area contributed by atoms with Crippen LogP contribution in [-0.4, -0.2) is 25.8 Å². The quantitative estimate of drug-likeness (QED) is 0.692. The molecule has 3 aromatic rings. The summed E-state index contributed by atoms with van der Waals surface area (Å²) in [4.78, 5) is 14.2. The molecule has 0 fully saturated rings. The molecule has 8 heteroatoms. The van der Waals surface area contributed by atoms with Gasteiger partial charge in [0.1, 0.15) is 5.82 Å². The first-order valence-electron chi connectivity index (χ1n) is 9.10. The molecule has 0 aliphatic carbocycles. The van der Waals surface area contributed by atoms with E-state index in [0.717, 1.165) is 11.1 Å². The Balaban J connectivity index is 1.50. The number of carbonyl (C=O) groups excluding carboxylic acids is 1. The summed E-state index contributed by atoms with van der Waals surface area (Å²) in [6.07, 6.45) is 2.12. The Kier molecular flexibility index (Phi) is 5.10. The van der Waals surface area contributed by atoms with E-state index in [1.165, 1.54) is 24.5 Å². The van der Waals surface area contributed by atoms with E-state index in [-0.39, 0.29) is 17.2 Å². The van der Waals surface area contributed by atoms with Crippen molar-refractivity contribution in [3.63, 3.8) is 0 Å². The molecule has 1 N–H and O–H groups in total. The van der Waals surface area contributed by atoms with Crippen LogP contribution in [-0.2, 0) is 28.7 Å². The van der Waals surface area contributed by atoms with Crippen LogP contribution in [0.15, 0.2) is 65.3 Å². The van der Waals surface area contributed by atoms with Gasteiger partial charge >= 0.3 is 0 Å². The minimum atomic E-state index is -3.79. The van der Waals surface area contributed by atoms with Gasteiger partial charge in [0, 0.05) is 24.3 Å². The van der Waals surface area contributed by atoms with Gasteiger partial charge in [0.25, 0.3) is 5.91 Å². The molecule has 0 atom stereocenters. The van der Waals surface area contributed by atoms with Crippen LogP contribution < -0.4 is 4.72 Å². The van der Waals surface area contributed by atoms with Crippen molar-refractivity contribution in [1.82, 2.24) is 4.90 Å². The van der Waals surface area contributed by atoms with Crippen LogP contribution in [0, 0.1) is 5.82 Å². The molecule has 1 aromatic heterocycles. The third-order valence-corrected chi connectivity index (χ3v) is 6.05. The van der Waals surface area contributed by atoms with Gasteiger partial charge in [0.05, 0.1) is 12.0 Å². The van der Waals surface area contributed by atoms with E-state index in [1.807, 2.05) is 6.07 Å². The number of carbonyl (C=O) groups is 1. The molecule has 2 aromatic carbocycles. The van der Waals surface area contributed by atoms with Crippen molar-refractivity contribution in [3.8, 4) is 0 Å². The first-order valence-corrected chi connectivity index (χ1v) is 10.7. The molecule has 0 radical (unpaired) electrons. The van der Waals surface area contributed by atoms with E-state index in [0.29, 0.717) is 25.2 Å². The highest BCUT2D eigenvalue weighted by Crippen LogP contribution is 2.25. The average Bonchev–Trinajstić information content (AvgIpc) is 3.23. The molecular formula is C21H19FN2O4S. The van der Waals surface area contributed by atoms with Crippen LogP contribution in [0.2, 0.25) is 0 Å². The van der Waals surface area contributed by atoms with E-state index in [4.69, 9.17) is 4.42 Å². The van der Waals surface area contributed by atoms with Crippen LogP contribution in [0.3, 0.4) is 0 Å². The molecule has 0 saturated heterocycles. The molecule has 0 bridgehead atoms. The molecule has 0 spiro atoms. The summed E-state index contributed by atoms with van der Waals surface area (Å²) < 4.78 is 46.4. The van der Waals surface area contributed by atoms with Gasteiger partial charge in [-0.05, 0) is 47.9 Å². The van der Waals surface area contributed by atoms with Crippen molar-refractivity contribution in [2.45, 2.75) is 18.7 Å². The zero-order valence-corrected chi connectivity index (χ0v) is 16.3. The van der Waals surface area contributed by atoms with Gasteiger partial charge in [-0.15, -0.1) is 0 Å². The second kappa shape index (κ2) is 7.71. The predicted octanol–water partition coefficient (Wildman–Crippen LogP) is 3.56. The van der Waals surface area contributed by atoms with Crippen LogP contribution in [0.4, 0.5) is 10.1 Å². The maximum absolute atomic E-state index is 13.8. The van der Waals surface area contributed by atoms with Crippen molar-refractivity contribution in [2.24, 2.45) is 0 Å². The van der Waals surface area contributed by atoms with Crippen molar-refractivity contribution in [3.05, 3.63) is 89.1 Å². The summed E-state index contributed by atoms with van der Waals surface area (Å²) in [6.45, 7) is 0.919. The molecule has 2 heterocycles. The number of nitrogens with one attached hydrogen (secondary N) is 1. The normalized spacial score (nSPS) is 13.8. The minimum Gasteiger partial charge on any atom is -0.459 e. The first kappa shape index (κ1) is 19.2. The van der Waals surface area contributed by atoms with Crippen LogP contribution in [0.1, 0.15) is 27.2 Å². The van der Waals surface area contributed by atoms with Gasteiger partial charge in [0.2, 0.25) is 10.0 Å². The summed E-state index contributed by atoms with van der Waals surface area (Å²) in [5.41, 5.74) is 2.41. The van der Waals surface area contributed by atoms with Gasteiger partial charge in [-0.3, -0.25) is 9.52 Å². The fourth-order valence-electron chi connectivity index (χ4n) is 3.39. The molecule has 1 aliphatic rings. The first-order chi connectivity index (χ1) is 13.9. The Bertz CT molecular complexity index is 1140. The molecule has 150 valence electrons. The van der Waals surface area contributed by atoms with Crippen molar-refractivity contribution in [2.75, 3.05) is 11.3 Å². The molecule has 0 saturated carbocycles. The highest BCUT2D eigenvalue weighted by atomic mass is 32.2. The van der Waals surface area contributed by atoms with Crippen molar-refractivity contribution < 1.29 is 22.0 Å². The number of anilines is 1. The third-order valence-electron chi connectivity index (χ3n) is 4.81. The van der Waals surface area contributed by atoms with Gasteiger partial charge in [-0.25, -0.2) is 12.8 Å². The second-order valence-electron chi connectivity index (χ2n) is 6.89. The fourth-order valence-corrected chi connectivity index (χ4v) is 4.59. The number of fused-ring (bicyclic) bond motifs is 1. The second-order valence-corrected chi connectivity index (χ2v) is 8.61. The van der Waals surface area contributed by atoms with Crippen molar-refractivity contribution >= 4 is 21.6 Å². The molecule has 4 rings (SSSR count). The number of benzene rings is 2. The number of halogens is 1. The van der Waals surface area contributed by atoms with E-state index >= 15 is 0 Å². The van der Waals surface area contributed by atoms with Gasteiger partial charge in [-0.2, -0.15) is 0 Å². The Morgan fingerprint density at radius 3 is 2.69 bits per heavy atom. The Morgan fingerprint density at radius 1 is 1.10 bits per heavy atom. The lowest BCUT2D eigenvalue weighted by molar-refractivity contribution is 0.0702. The molecule has 1 aliphatic heterocycles. The molecule has 6 nitrogen and oxygen atoms in total. The zero-order chi connectivity index (χ0) is 20.4. The largest absolute Gasteiger partial charge is 0.459 e. The third kappa shape index (κ3) is 4.32. The Labute approximate surface area is 168 Å². The monoisotopic (exact) mass is 414 g/mol. The zero-order valence-electron chi connectivity index (χ0n) is 15.5. The average molecular weight is 414 g/mol. The van der Waals surface area contributed by atoms with E-state index in [9.17, 15) is 17.6 Å². The summed E-state index contributed by atoms with van der Waals surface area (Å²) >= 11 is 0. The highest BCUT2D eigenvalue weighted by molar-refractivity contribution is 7.91. The number of furan rings is 1. The maximum atomic E-state index is 13.8. The molecule has 0 unspecified atom stereocenters. The van der Waals surface area contributed by atoms with Gasteiger partial charge < -0.3 is 9.32 Å². The molecule has 29 heavy (non-hydrogen) atoms. The minimum absolute atomic E-state index is 0.105. The van der Waals surface area contributed by atoms with E-state index in [1.54, 1.807) is 35.2 Å². The number of rotatable bonds is 5. The number of sulfonamides is 1. The summed E-state index contributed by atoms with van der Waals surface area (Å²) in [5.74, 6) is -0.948. The summed E-state index contributed by atoms with van der Waals surface area (Å²) in [7, 11) is -3.79. The van der Waals surface area contributed by atoms with Gasteiger partial charge in [-0.1, -0.05) is 24.3 Å². The summed E-state index contributed by atoms with van der Waals surface area (Å²) in [6, 6.07) is 14.3. The van der Waals surface area contributed by atoms with E-state index < -0.39 is 21.6 Å². The molecular weight excluding hydrogens is 395 g/mol. The van der Waals surface area contributed by atoms with Crippen LogP contribution in [0.25, 0.3) is 0 Å². The topological polar surface area (TPSA) is 79.6 Å². The highest BCUT2D eigenvalue weighted by Gasteiger charge is 2.24. The number of nitrogens with zero attached hydrogens (tertiary/aromatic N) is 1. The number of amides is 1. The van der Waals surface area contributed by atoms with Crippen LogP contribution >= 0.6 is 0 Å².